The second-order valence-corrected chi connectivity index (χ2v) is 22.1. The Bertz CT molecular complexity index is 1450. The Morgan fingerprint density at radius 1 is 0.717 bits per heavy atom. The van der Waals surface area contributed by atoms with Crippen molar-refractivity contribution in [1.82, 2.24) is 14.1 Å². The first kappa shape index (κ1) is 47.0. The van der Waals surface area contributed by atoms with Crippen molar-refractivity contribution in [2.45, 2.75) is 181 Å². The van der Waals surface area contributed by atoms with Gasteiger partial charge in [-0.15, -0.1) is 0 Å². The standard InChI is InChI=1S/C45H83N4O4/c1-37(2,3)30-35(49-27-26-47(20)33-49)42(13,14)44(17,18)45(19,36(50)52-28-22-41(11,12)53-29-23-40(9,10)51-21)43(15,16)39(7,8)31-34(38(4,5)6)48-25-24-46-32-48/h24-27,32-35H,22-23,28-31H2,1-21H3/q+1. The number of rotatable bonds is 19. The molecule has 2 rings (SSSR count). The average molecular weight is 744 g/mol. The Balaban J connectivity index is 2.71. The van der Waals surface area contributed by atoms with E-state index >= 15 is 4.79 Å². The Labute approximate surface area is 326 Å². The summed E-state index contributed by atoms with van der Waals surface area (Å²) in [5.41, 5.74) is -3.39. The topological polar surface area (TPSA) is 71.4 Å². The number of aromatic nitrogens is 4. The zero-order chi connectivity index (χ0) is 41.3. The molecule has 0 amide bonds. The molecule has 3 atom stereocenters. The predicted molar refractivity (Wildman–Crippen MR) is 219 cm³/mol. The van der Waals surface area contributed by atoms with Crippen molar-refractivity contribution >= 4 is 5.97 Å². The van der Waals surface area contributed by atoms with Gasteiger partial charge in [0.15, 0.2) is 0 Å². The highest BCUT2D eigenvalue weighted by molar-refractivity contribution is 5.79. The molecule has 0 N–H and O–H groups in total. The molecule has 0 saturated carbocycles. The van der Waals surface area contributed by atoms with E-state index in [0.717, 1.165) is 19.3 Å². The lowest BCUT2D eigenvalue weighted by Gasteiger charge is -2.63. The fraction of sp³-hybridized carbons (Fsp3) is 0.844. The molecule has 0 aromatic carbocycles. The number of ether oxygens (including phenoxy) is 3. The number of imidazole rings is 2. The van der Waals surface area contributed by atoms with E-state index in [9.17, 15) is 0 Å². The third kappa shape index (κ3) is 10.6. The molecule has 0 bridgehead atoms. The third-order valence-corrected chi connectivity index (χ3v) is 14.3. The van der Waals surface area contributed by atoms with E-state index in [-0.39, 0.29) is 51.9 Å². The first-order chi connectivity index (χ1) is 23.7. The van der Waals surface area contributed by atoms with Gasteiger partial charge < -0.3 is 18.8 Å². The number of carbonyl (C=O) groups is 1. The van der Waals surface area contributed by atoms with Crippen LogP contribution in [-0.4, -0.2) is 51.6 Å². The molecule has 0 radical (unpaired) electrons. The molecule has 0 aliphatic rings. The molecule has 0 fully saturated rings. The third-order valence-electron chi connectivity index (χ3n) is 14.3. The molecular weight excluding hydrogens is 661 g/mol. The molecule has 2 aromatic rings. The molecule has 0 aliphatic carbocycles. The molecule has 53 heavy (non-hydrogen) atoms. The van der Waals surface area contributed by atoms with E-state index in [4.69, 9.17) is 14.2 Å². The minimum atomic E-state index is -0.927. The summed E-state index contributed by atoms with van der Waals surface area (Å²) in [5, 5.41) is 0. The van der Waals surface area contributed by atoms with Gasteiger partial charge >= 0.3 is 5.97 Å². The summed E-state index contributed by atoms with van der Waals surface area (Å²) in [5.74, 6) is -0.146. The van der Waals surface area contributed by atoms with Gasteiger partial charge in [-0.3, -0.25) is 4.79 Å². The maximum Gasteiger partial charge on any atom is 0.312 e. The lowest BCUT2D eigenvalue weighted by Crippen LogP contribution is -2.63. The summed E-state index contributed by atoms with van der Waals surface area (Å²) in [6.07, 6.45) is 15.5. The fourth-order valence-electron chi connectivity index (χ4n) is 8.33. The van der Waals surface area contributed by atoms with Crippen molar-refractivity contribution in [3.63, 3.8) is 0 Å². The first-order valence-corrected chi connectivity index (χ1v) is 20.1. The molecule has 306 valence electrons. The molecule has 0 saturated heterocycles. The second kappa shape index (κ2) is 16.1. The van der Waals surface area contributed by atoms with Crippen LogP contribution in [0.1, 0.15) is 169 Å². The van der Waals surface area contributed by atoms with Gasteiger partial charge in [0, 0.05) is 37.4 Å². The van der Waals surface area contributed by atoms with Crippen LogP contribution >= 0.6 is 0 Å². The van der Waals surface area contributed by atoms with E-state index in [1.54, 1.807) is 7.11 Å². The first-order valence-electron chi connectivity index (χ1n) is 20.1. The second-order valence-electron chi connectivity index (χ2n) is 22.1. The molecule has 0 spiro atoms. The predicted octanol–water partition coefficient (Wildman–Crippen LogP) is 10.8. The van der Waals surface area contributed by atoms with E-state index in [2.05, 4.69) is 182 Å². The number of aryl methyl sites for hydroxylation is 1. The molecule has 8 heteroatoms. The van der Waals surface area contributed by atoms with Crippen LogP contribution in [-0.2, 0) is 26.1 Å². The Hall–Kier alpha value is -2.19. The summed E-state index contributed by atoms with van der Waals surface area (Å²) in [6.45, 7) is 44.0. The monoisotopic (exact) mass is 744 g/mol. The number of methoxy groups -OCH3 is 1. The number of hydrogen-bond acceptors (Lipinski definition) is 5. The average Bonchev–Trinajstić information content (AvgIpc) is 3.68. The highest BCUT2D eigenvalue weighted by atomic mass is 16.5. The lowest BCUT2D eigenvalue weighted by molar-refractivity contribution is -0.671. The highest BCUT2D eigenvalue weighted by Gasteiger charge is 2.68. The van der Waals surface area contributed by atoms with Crippen molar-refractivity contribution in [2.75, 3.05) is 20.3 Å². The van der Waals surface area contributed by atoms with Crippen LogP contribution in [0.5, 0.6) is 0 Å². The van der Waals surface area contributed by atoms with Crippen molar-refractivity contribution in [3.05, 3.63) is 37.4 Å². The lowest BCUT2D eigenvalue weighted by atomic mass is 9.40. The number of nitrogens with zero attached hydrogens (tertiary/aromatic N) is 4. The molecule has 2 heterocycles. The minimum absolute atomic E-state index is 0.0362. The fourth-order valence-corrected chi connectivity index (χ4v) is 8.33. The van der Waals surface area contributed by atoms with Gasteiger partial charge in [-0.25, -0.2) is 14.1 Å². The van der Waals surface area contributed by atoms with Crippen LogP contribution in [0.25, 0.3) is 0 Å². The SMILES string of the molecule is COC(C)(C)CCOC(C)(C)CCOC(=O)C(C)(C(C)(C)C(C)(C)CC(n1ccnc1)C(C)(C)C)C(C)(C)C(C)(C)C(CC(C)(C)C)n1cc[n+](C)c1. The summed E-state index contributed by atoms with van der Waals surface area (Å²) in [7, 11) is 3.81. The molecule has 3 unspecified atom stereocenters. The maximum absolute atomic E-state index is 15.4. The summed E-state index contributed by atoms with van der Waals surface area (Å²) >= 11 is 0. The smallest absolute Gasteiger partial charge is 0.312 e. The van der Waals surface area contributed by atoms with Crippen LogP contribution in [0.2, 0.25) is 0 Å². The minimum Gasteiger partial charge on any atom is -0.465 e. The van der Waals surface area contributed by atoms with Gasteiger partial charge in [-0.1, -0.05) is 96.9 Å². The van der Waals surface area contributed by atoms with Crippen molar-refractivity contribution in [2.24, 2.45) is 45.0 Å². The Morgan fingerprint density at radius 3 is 1.74 bits per heavy atom. The van der Waals surface area contributed by atoms with Gasteiger partial charge in [0.05, 0.1) is 43.2 Å². The van der Waals surface area contributed by atoms with E-state index < -0.39 is 21.8 Å². The van der Waals surface area contributed by atoms with Gasteiger partial charge in [0.2, 0.25) is 6.33 Å². The highest BCUT2D eigenvalue weighted by Crippen LogP contribution is 2.68. The van der Waals surface area contributed by atoms with Crippen LogP contribution in [0, 0.1) is 37.9 Å². The van der Waals surface area contributed by atoms with Gasteiger partial charge in [0.1, 0.15) is 18.4 Å². The van der Waals surface area contributed by atoms with Crippen LogP contribution in [0.4, 0.5) is 0 Å². The van der Waals surface area contributed by atoms with Crippen LogP contribution in [0.15, 0.2) is 37.4 Å². The molecular formula is C45H83N4O4+. The van der Waals surface area contributed by atoms with E-state index in [0.29, 0.717) is 13.0 Å². The molecule has 8 nitrogen and oxygen atoms in total. The Morgan fingerprint density at radius 2 is 1.28 bits per heavy atom. The van der Waals surface area contributed by atoms with Crippen molar-refractivity contribution in [1.29, 1.82) is 0 Å². The summed E-state index contributed by atoms with van der Waals surface area (Å²) in [4.78, 5) is 19.8. The van der Waals surface area contributed by atoms with Crippen LogP contribution < -0.4 is 4.57 Å². The zero-order valence-electron chi connectivity index (χ0n) is 38.3. The Kier molecular flexibility index (Phi) is 14.3. The zero-order valence-corrected chi connectivity index (χ0v) is 38.3. The number of hydrogen-bond donors (Lipinski definition) is 0. The maximum atomic E-state index is 15.4. The van der Waals surface area contributed by atoms with Gasteiger partial charge in [-0.05, 0) is 81.0 Å². The quantitative estimate of drug-likeness (QED) is 0.106. The molecule has 0 aliphatic heterocycles. The number of esters is 1. The summed E-state index contributed by atoms with van der Waals surface area (Å²) in [6, 6.07) is 0.284. The largest absolute Gasteiger partial charge is 0.465 e. The normalized spacial score (nSPS) is 16.7. The van der Waals surface area contributed by atoms with Crippen molar-refractivity contribution < 1.29 is 23.6 Å². The van der Waals surface area contributed by atoms with Gasteiger partial charge in [0.25, 0.3) is 0 Å². The van der Waals surface area contributed by atoms with Gasteiger partial charge in [-0.2, -0.15) is 0 Å². The van der Waals surface area contributed by atoms with E-state index in [1.165, 1.54) is 0 Å². The molecule has 2 aromatic heterocycles. The number of carbonyl (C=O) groups excluding carboxylic acids is 1. The van der Waals surface area contributed by atoms with E-state index in [1.807, 2.05) is 12.5 Å². The van der Waals surface area contributed by atoms with Crippen molar-refractivity contribution in [3.8, 4) is 0 Å². The van der Waals surface area contributed by atoms with Crippen LogP contribution in [0.3, 0.4) is 0 Å². The summed E-state index contributed by atoms with van der Waals surface area (Å²) < 4.78 is 25.2.